The fraction of sp³-hybridized carbons (Fsp3) is 0.857. The SMILES string of the molecule is CCOC(=O)[C@@H]1C[C@]23CCC[C@@]24C(C(=O)C3)C14. The van der Waals surface area contributed by atoms with E-state index in [0.717, 1.165) is 12.8 Å². The van der Waals surface area contributed by atoms with E-state index < -0.39 is 0 Å². The molecule has 17 heavy (non-hydrogen) atoms. The van der Waals surface area contributed by atoms with E-state index in [0.29, 0.717) is 18.3 Å². The van der Waals surface area contributed by atoms with Gasteiger partial charge in [0, 0.05) is 12.3 Å². The Hall–Kier alpha value is -0.860. The van der Waals surface area contributed by atoms with Gasteiger partial charge in [-0.05, 0) is 42.9 Å². The van der Waals surface area contributed by atoms with Gasteiger partial charge in [0.2, 0.25) is 0 Å². The summed E-state index contributed by atoms with van der Waals surface area (Å²) in [5.41, 5.74) is 0.457. The molecule has 1 spiro atoms. The smallest absolute Gasteiger partial charge is 0.309 e. The fourth-order valence-corrected chi connectivity index (χ4v) is 5.86. The zero-order chi connectivity index (χ0) is 11.8. The highest BCUT2D eigenvalue weighted by Gasteiger charge is 2.87. The van der Waals surface area contributed by atoms with Crippen molar-refractivity contribution < 1.29 is 14.3 Å². The van der Waals surface area contributed by atoms with E-state index in [-0.39, 0.29) is 28.6 Å². The maximum Gasteiger partial charge on any atom is 0.309 e. The molecule has 0 radical (unpaired) electrons. The number of Topliss-reactive ketones (excluding diaryl/α,β-unsaturated/α-hetero) is 1. The van der Waals surface area contributed by atoms with Crippen LogP contribution in [0.3, 0.4) is 0 Å². The highest BCUT2D eigenvalue weighted by Crippen LogP contribution is 2.88. The van der Waals surface area contributed by atoms with Crippen LogP contribution in [0.5, 0.6) is 0 Å². The third-order valence-corrected chi connectivity index (χ3v) is 6.13. The highest BCUT2D eigenvalue weighted by molar-refractivity contribution is 5.93. The number of ether oxygens (including phenoxy) is 1. The molecule has 0 aliphatic heterocycles. The van der Waals surface area contributed by atoms with Crippen molar-refractivity contribution in [3.8, 4) is 0 Å². The van der Waals surface area contributed by atoms with E-state index in [2.05, 4.69) is 0 Å². The van der Waals surface area contributed by atoms with Gasteiger partial charge in [0.1, 0.15) is 5.78 Å². The van der Waals surface area contributed by atoms with Crippen LogP contribution in [0.1, 0.15) is 39.0 Å². The summed E-state index contributed by atoms with van der Waals surface area (Å²) in [4.78, 5) is 24.1. The van der Waals surface area contributed by atoms with Crippen LogP contribution in [0.15, 0.2) is 0 Å². The minimum absolute atomic E-state index is 0.0340. The first-order chi connectivity index (χ1) is 8.16. The molecule has 0 bridgehead atoms. The van der Waals surface area contributed by atoms with Crippen molar-refractivity contribution in [3.63, 3.8) is 0 Å². The molecule has 4 fully saturated rings. The van der Waals surface area contributed by atoms with Crippen molar-refractivity contribution in [1.29, 1.82) is 0 Å². The highest BCUT2D eigenvalue weighted by atomic mass is 16.5. The normalized spacial score (nSPS) is 53.5. The van der Waals surface area contributed by atoms with E-state index in [9.17, 15) is 9.59 Å². The van der Waals surface area contributed by atoms with Gasteiger partial charge in [-0.25, -0.2) is 0 Å². The van der Waals surface area contributed by atoms with Crippen LogP contribution < -0.4 is 0 Å². The Bertz CT molecular complexity index is 425. The van der Waals surface area contributed by atoms with Crippen LogP contribution in [0.2, 0.25) is 0 Å². The second-order valence-corrected chi connectivity index (χ2v) is 6.38. The molecule has 0 N–H and O–H groups in total. The van der Waals surface area contributed by atoms with Gasteiger partial charge in [-0.15, -0.1) is 0 Å². The summed E-state index contributed by atoms with van der Waals surface area (Å²) in [6.07, 6.45) is 5.30. The van der Waals surface area contributed by atoms with E-state index in [4.69, 9.17) is 4.74 Å². The first kappa shape index (κ1) is 10.1. The average molecular weight is 234 g/mol. The number of fused-ring (bicyclic) bond motifs is 1. The van der Waals surface area contributed by atoms with Crippen molar-refractivity contribution in [2.45, 2.75) is 39.0 Å². The van der Waals surface area contributed by atoms with Gasteiger partial charge in [-0.1, -0.05) is 6.42 Å². The Kier molecular flexibility index (Phi) is 1.64. The Morgan fingerprint density at radius 2 is 2.29 bits per heavy atom. The van der Waals surface area contributed by atoms with Crippen LogP contribution >= 0.6 is 0 Å². The molecule has 3 heteroatoms. The molecule has 92 valence electrons. The van der Waals surface area contributed by atoms with Gasteiger partial charge in [0.15, 0.2) is 0 Å². The van der Waals surface area contributed by atoms with Crippen LogP contribution in [-0.2, 0) is 14.3 Å². The minimum Gasteiger partial charge on any atom is -0.466 e. The van der Waals surface area contributed by atoms with E-state index in [1.807, 2.05) is 6.92 Å². The first-order valence-electron chi connectivity index (χ1n) is 6.86. The number of hydrogen-bond acceptors (Lipinski definition) is 3. The average Bonchev–Trinajstić information content (AvgIpc) is 2.57. The topological polar surface area (TPSA) is 43.4 Å². The maximum absolute atomic E-state index is 12.1. The Morgan fingerprint density at radius 3 is 3.00 bits per heavy atom. The Labute approximate surface area is 101 Å². The number of carbonyl (C=O) groups excluding carboxylic acids is 2. The molecule has 0 heterocycles. The van der Waals surface area contributed by atoms with Crippen LogP contribution in [0.25, 0.3) is 0 Å². The molecule has 2 unspecified atom stereocenters. The van der Waals surface area contributed by atoms with Gasteiger partial charge in [-0.3, -0.25) is 9.59 Å². The number of carbonyl (C=O) groups is 2. The van der Waals surface area contributed by atoms with E-state index in [1.165, 1.54) is 19.3 Å². The zero-order valence-electron chi connectivity index (χ0n) is 10.2. The lowest BCUT2D eigenvalue weighted by Gasteiger charge is -2.27. The van der Waals surface area contributed by atoms with E-state index in [1.54, 1.807) is 0 Å². The van der Waals surface area contributed by atoms with Crippen molar-refractivity contribution in [3.05, 3.63) is 0 Å². The maximum atomic E-state index is 12.1. The lowest BCUT2D eigenvalue weighted by atomic mass is 9.76. The second kappa shape index (κ2) is 2.76. The van der Waals surface area contributed by atoms with Gasteiger partial charge in [0.25, 0.3) is 0 Å². The van der Waals surface area contributed by atoms with Gasteiger partial charge >= 0.3 is 5.97 Å². The predicted octanol–water partition coefficient (Wildman–Crippen LogP) is 1.94. The zero-order valence-corrected chi connectivity index (χ0v) is 10.2. The van der Waals surface area contributed by atoms with Crippen molar-refractivity contribution in [2.24, 2.45) is 28.6 Å². The summed E-state index contributed by atoms with van der Waals surface area (Å²) < 4.78 is 5.19. The summed E-state index contributed by atoms with van der Waals surface area (Å²) >= 11 is 0. The summed E-state index contributed by atoms with van der Waals surface area (Å²) in [6, 6.07) is 0. The van der Waals surface area contributed by atoms with Crippen LogP contribution in [0, 0.1) is 28.6 Å². The first-order valence-corrected chi connectivity index (χ1v) is 6.86. The molecule has 4 aliphatic rings. The predicted molar refractivity (Wildman–Crippen MR) is 60.1 cm³/mol. The molecule has 3 nitrogen and oxygen atoms in total. The standard InChI is InChI=1S/C14H18O3/c1-2-17-12(16)8-6-13-4-3-5-14(13)10(8)11(14)9(15)7-13/h8,10-11H,2-7H2,1H3/t8-,10?,11?,13+,14-/m1/s1. The minimum atomic E-state index is -0.0390. The molecule has 0 amide bonds. The molecule has 5 atom stereocenters. The molecular weight excluding hydrogens is 216 g/mol. The largest absolute Gasteiger partial charge is 0.466 e. The van der Waals surface area contributed by atoms with Crippen molar-refractivity contribution >= 4 is 11.8 Å². The lowest BCUT2D eigenvalue weighted by Crippen LogP contribution is -2.23. The molecule has 4 saturated carbocycles. The fourth-order valence-electron chi connectivity index (χ4n) is 5.86. The summed E-state index contributed by atoms with van der Waals surface area (Å²) in [5, 5.41) is 0. The molecule has 4 aliphatic carbocycles. The summed E-state index contributed by atoms with van der Waals surface area (Å²) in [7, 11) is 0. The molecule has 4 rings (SSSR count). The molecule has 0 aromatic rings. The Balaban J connectivity index is 1.71. The van der Waals surface area contributed by atoms with Crippen LogP contribution in [0.4, 0.5) is 0 Å². The monoisotopic (exact) mass is 234 g/mol. The van der Waals surface area contributed by atoms with E-state index >= 15 is 0 Å². The van der Waals surface area contributed by atoms with Crippen molar-refractivity contribution in [2.75, 3.05) is 6.61 Å². The molecule has 0 aromatic heterocycles. The number of ketones is 1. The van der Waals surface area contributed by atoms with Gasteiger partial charge in [0.05, 0.1) is 12.5 Å². The number of esters is 1. The quantitative estimate of drug-likeness (QED) is 0.686. The van der Waals surface area contributed by atoms with Gasteiger partial charge < -0.3 is 4.74 Å². The second-order valence-electron chi connectivity index (χ2n) is 6.38. The lowest BCUT2D eigenvalue weighted by molar-refractivity contribution is -0.149. The van der Waals surface area contributed by atoms with Crippen LogP contribution in [-0.4, -0.2) is 18.4 Å². The van der Waals surface area contributed by atoms with Crippen molar-refractivity contribution in [1.82, 2.24) is 0 Å². The molecule has 0 aromatic carbocycles. The third kappa shape index (κ3) is 0.860. The number of rotatable bonds is 2. The third-order valence-electron chi connectivity index (χ3n) is 6.13. The summed E-state index contributed by atoms with van der Waals surface area (Å²) in [6.45, 7) is 2.31. The summed E-state index contributed by atoms with van der Waals surface area (Å²) in [5.74, 6) is 1.02. The number of hydrogen-bond donors (Lipinski definition) is 0. The molecular formula is C14H18O3. The van der Waals surface area contributed by atoms with Gasteiger partial charge in [-0.2, -0.15) is 0 Å². The Morgan fingerprint density at radius 1 is 1.47 bits per heavy atom. The molecule has 0 saturated heterocycles.